The average Bonchev–Trinajstić information content (AvgIpc) is 3.00. The van der Waals surface area contributed by atoms with Gasteiger partial charge in [-0.05, 0) is 23.2 Å². The zero-order valence-corrected chi connectivity index (χ0v) is 14.2. The summed E-state index contributed by atoms with van der Waals surface area (Å²) in [7, 11) is 0. The minimum absolute atomic E-state index is 0. The topological polar surface area (TPSA) is 97.1 Å². The number of rotatable bonds is 1. The van der Waals surface area contributed by atoms with E-state index in [0.717, 1.165) is 15.5 Å². The van der Waals surface area contributed by atoms with E-state index in [0.29, 0.717) is 0 Å². The largest absolute Gasteiger partial charge is 2.00 e. The second kappa shape index (κ2) is 7.11. The molecule has 0 spiro atoms. The summed E-state index contributed by atoms with van der Waals surface area (Å²) < 4.78 is 1.04. The zero-order valence-electron chi connectivity index (χ0n) is 9.60. The molecule has 0 aliphatic heterocycles. The smallest absolute Gasteiger partial charge is 0.458 e. The average molecular weight is 373 g/mol. The molecule has 0 radical (unpaired) electrons. The maximum Gasteiger partial charge on any atom is 2.00 e. The first kappa shape index (κ1) is 15.5. The van der Waals surface area contributed by atoms with Crippen molar-refractivity contribution in [1.82, 2.24) is 19.9 Å². The monoisotopic (exact) mass is 371 g/mol. The van der Waals surface area contributed by atoms with Crippen LogP contribution in [-0.4, -0.2) is 14.9 Å². The van der Waals surface area contributed by atoms with Gasteiger partial charge in [-0.25, -0.2) is 9.97 Å². The molecule has 3 aromatic rings. The van der Waals surface area contributed by atoms with Crippen molar-refractivity contribution in [1.29, 1.82) is 0 Å². The van der Waals surface area contributed by atoms with Gasteiger partial charge in [-0.1, -0.05) is 28.3 Å². The predicted molar refractivity (Wildman–Crippen MR) is 67.0 cm³/mol. The van der Waals surface area contributed by atoms with Crippen molar-refractivity contribution < 1.29 is 24.4 Å². The molecule has 92 valence electrons. The molecule has 2 aromatic heterocycles. The molecule has 0 aliphatic rings. The van der Waals surface area contributed by atoms with Gasteiger partial charge in [-0.2, -0.15) is 4.92 Å². The molecule has 0 amide bonds. The first-order valence-electron chi connectivity index (χ1n) is 4.78. The molecule has 0 atom stereocenters. The molecule has 1 aromatic carbocycles. The summed E-state index contributed by atoms with van der Waals surface area (Å²) >= 11 is 3.35. The van der Waals surface area contributed by atoms with Crippen LogP contribution in [0.2, 0.25) is 0 Å². The molecule has 0 fully saturated rings. The summed E-state index contributed by atoms with van der Waals surface area (Å²) in [6.45, 7) is 0. The predicted octanol–water partition coefficient (Wildman–Crippen LogP) is 1.90. The van der Waals surface area contributed by atoms with Crippen LogP contribution in [0.25, 0.3) is 11.0 Å². The van der Waals surface area contributed by atoms with Gasteiger partial charge in [-0.15, -0.1) is 0 Å². The normalized spacial score (nSPS) is 9.32. The van der Waals surface area contributed by atoms with Gasteiger partial charge in [0, 0.05) is 16.9 Å². The fourth-order valence-electron chi connectivity index (χ4n) is 1.19. The van der Waals surface area contributed by atoms with Crippen LogP contribution in [0.15, 0.2) is 41.4 Å². The van der Waals surface area contributed by atoms with Gasteiger partial charge in [0.25, 0.3) is 5.95 Å². The van der Waals surface area contributed by atoms with Crippen LogP contribution in [0.1, 0.15) is 0 Å². The van der Waals surface area contributed by atoms with Crippen LogP contribution in [0.3, 0.4) is 0 Å². The number of halogens is 1. The van der Waals surface area contributed by atoms with Crippen molar-refractivity contribution in [3.63, 3.8) is 0 Å². The van der Waals surface area contributed by atoms with Gasteiger partial charge in [-0.3, -0.25) is 0 Å². The number of imidazole rings is 2. The van der Waals surface area contributed by atoms with Crippen molar-refractivity contribution in [2.75, 3.05) is 0 Å². The fourth-order valence-corrected chi connectivity index (χ4v) is 1.54. The minimum atomic E-state index is -0.639. The standard InChI is InChI=1S/C7H4BrN2.C3H2N3O2.Zn/c8-5-1-2-6-7(3-5)10-4-9-6;7-6(8)3-4-1-2-5-3;/h1-4H;1-2H;/q2*-1;+2. The quantitative estimate of drug-likeness (QED) is 0.367. The Morgan fingerprint density at radius 2 is 2.05 bits per heavy atom. The molecule has 7 nitrogen and oxygen atoms in total. The van der Waals surface area contributed by atoms with E-state index in [9.17, 15) is 10.1 Å². The summed E-state index contributed by atoms with van der Waals surface area (Å²) in [5.41, 5.74) is 1.89. The Morgan fingerprint density at radius 3 is 2.63 bits per heavy atom. The minimum Gasteiger partial charge on any atom is -0.458 e. The third kappa shape index (κ3) is 4.22. The van der Waals surface area contributed by atoms with Crippen LogP contribution in [0.4, 0.5) is 5.95 Å². The summed E-state index contributed by atoms with van der Waals surface area (Å²) in [4.78, 5) is 23.8. The first-order valence-corrected chi connectivity index (χ1v) is 5.57. The van der Waals surface area contributed by atoms with E-state index in [-0.39, 0.29) is 25.4 Å². The van der Waals surface area contributed by atoms with Crippen molar-refractivity contribution >= 4 is 32.9 Å². The molecule has 0 aliphatic carbocycles. The van der Waals surface area contributed by atoms with Crippen LogP contribution >= 0.6 is 15.9 Å². The third-order valence-electron chi connectivity index (χ3n) is 1.94. The second-order valence-electron chi connectivity index (χ2n) is 3.12. The van der Waals surface area contributed by atoms with E-state index >= 15 is 0 Å². The molecule has 0 saturated heterocycles. The summed E-state index contributed by atoms with van der Waals surface area (Å²) in [5, 5.41) is 9.74. The summed E-state index contributed by atoms with van der Waals surface area (Å²) in [5.74, 6) is -0.343. The molecule has 3 rings (SSSR count). The Labute approximate surface area is 128 Å². The molecule has 9 heteroatoms. The Balaban J connectivity index is 0.000000185. The van der Waals surface area contributed by atoms with Gasteiger partial charge < -0.3 is 20.1 Å². The molecule has 0 N–H and O–H groups in total. The Hall–Kier alpha value is -1.60. The zero-order chi connectivity index (χ0) is 13.0. The molecule has 19 heavy (non-hydrogen) atoms. The molecular weight excluding hydrogens is 367 g/mol. The van der Waals surface area contributed by atoms with Gasteiger partial charge in [0.2, 0.25) is 0 Å². The third-order valence-corrected chi connectivity index (χ3v) is 2.43. The van der Waals surface area contributed by atoms with Crippen LogP contribution in [0, 0.1) is 10.1 Å². The van der Waals surface area contributed by atoms with Gasteiger partial charge in [0.05, 0.1) is 0 Å². The van der Waals surface area contributed by atoms with Gasteiger partial charge in [0.1, 0.15) is 0 Å². The van der Waals surface area contributed by atoms with E-state index in [4.69, 9.17) is 0 Å². The number of fused-ring (bicyclic) bond motifs is 1. The van der Waals surface area contributed by atoms with Crippen molar-refractivity contribution in [3.05, 3.63) is 51.5 Å². The van der Waals surface area contributed by atoms with Gasteiger partial charge >= 0.3 is 19.5 Å². The maximum atomic E-state index is 9.74. The second-order valence-corrected chi connectivity index (χ2v) is 4.04. The molecule has 0 unspecified atom stereocenters. The number of hydrogen-bond acceptors (Lipinski definition) is 4. The summed E-state index contributed by atoms with van der Waals surface area (Å²) in [6.07, 6.45) is 4.12. The maximum absolute atomic E-state index is 9.74. The first-order chi connectivity index (χ1) is 8.66. The molecule has 0 bridgehead atoms. The summed E-state index contributed by atoms with van der Waals surface area (Å²) in [6, 6.07) is 5.84. The van der Waals surface area contributed by atoms with E-state index < -0.39 is 4.92 Å². The number of nitro groups is 1. The van der Waals surface area contributed by atoms with E-state index in [1.807, 2.05) is 18.2 Å². The van der Waals surface area contributed by atoms with Crippen LogP contribution < -0.4 is 9.97 Å². The van der Waals surface area contributed by atoms with E-state index in [1.54, 1.807) is 6.33 Å². The van der Waals surface area contributed by atoms with Crippen molar-refractivity contribution in [2.45, 2.75) is 0 Å². The molecule has 0 saturated carbocycles. The SMILES string of the molecule is Brc1ccc2[n-]cnc2c1.O=[N+]([O-])c1ncc[n-]1.[Zn+2]. The van der Waals surface area contributed by atoms with Crippen LogP contribution in [-0.2, 0) is 19.5 Å². The molecular formula is C10H6BrN5O2Zn. The Kier molecular flexibility index (Phi) is 5.78. The number of benzene rings is 1. The van der Waals surface area contributed by atoms with Crippen molar-refractivity contribution in [3.8, 4) is 0 Å². The fraction of sp³-hybridized carbons (Fsp3) is 0. The van der Waals surface area contributed by atoms with Crippen LogP contribution in [0.5, 0.6) is 0 Å². The van der Waals surface area contributed by atoms with Gasteiger partial charge in [0.15, 0.2) is 0 Å². The van der Waals surface area contributed by atoms with E-state index in [1.165, 1.54) is 12.4 Å². The number of aromatic nitrogens is 4. The Morgan fingerprint density at radius 1 is 1.26 bits per heavy atom. The van der Waals surface area contributed by atoms with E-state index in [2.05, 4.69) is 35.9 Å². The molecule has 2 heterocycles. The van der Waals surface area contributed by atoms with Crippen molar-refractivity contribution in [2.24, 2.45) is 0 Å². The Bertz CT molecular complexity index is 655. The number of hydrogen-bond donors (Lipinski definition) is 0. The number of nitrogens with zero attached hydrogens (tertiary/aromatic N) is 5.